The Kier molecular flexibility index (Phi) is 4.61. The summed E-state index contributed by atoms with van der Waals surface area (Å²) in [4.78, 5) is 24.6. The average molecular weight is 336 g/mol. The zero-order valence-corrected chi connectivity index (χ0v) is 12.7. The minimum Gasteiger partial charge on any atom is -0.394 e. The Bertz CT molecular complexity index is 819. The van der Waals surface area contributed by atoms with Crippen LogP contribution in [0.5, 0.6) is 0 Å². The molecule has 0 unspecified atom stereocenters. The van der Waals surface area contributed by atoms with Crippen molar-refractivity contribution >= 4 is 0 Å². The number of aliphatic hydroxyl groups is 2. The molecule has 1 fully saturated rings. The maximum absolute atomic E-state index is 14.2. The Morgan fingerprint density at radius 3 is 2.50 bits per heavy atom. The van der Waals surface area contributed by atoms with Crippen LogP contribution in [-0.2, 0) is 11.3 Å². The summed E-state index contributed by atoms with van der Waals surface area (Å²) in [7, 11) is 0. The Morgan fingerprint density at radius 1 is 1.17 bits per heavy atom. The topological polar surface area (TPSA) is 93.7 Å². The first kappa shape index (κ1) is 16.6. The highest BCUT2D eigenvalue weighted by Gasteiger charge is 2.45. The molecule has 24 heavy (non-hydrogen) atoms. The fourth-order valence-electron chi connectivity index (χ4n) is 2.72. The average Bonchev–Trinajstić information content (AvgIpc) is 2.88. The molecule has 4 atom stereocenters. The summed E-state index contributed by atoms with van der Waals surface area (Å²) in [6, 6.07) is 10.0. The molecule has 2 heterocycles. The van der Waals surface area contributed by atoms with Crippen LogP contribution < -0.4 is 11.2 Å². The van der Waals surface area contributed by atoms with Crippen molar-refractivity contribution < 1.29 is 19.3 Å². The van der Waals surface area contributed by atoms with Crippen molar-refractivity contribution in [3.8, 4) is 0 Å². The largest absolute Gasteiger partial charge is 0.394 e. The third-order valence-electron chi connectivity index (χ3n) is 4.03. The summed E-state index contributed by atoms with van der Waals surface area (Å²) >= 11 is 0. The molecular weight excluding hydrogens is 319 g/mol. The van der Waals surface area contributed by atoms with Gasteiger partial charge in [-0.05, 0) is 5.56 Å². The third-order valence-corrected chi connectivity index (χ3v) is 4.03. The predicted molar refractivity (Wildman–Crippen MR) is 82.4 cm³/mol. The molecule has 0 aliphatic carbocycles. The molecule has 7 nitrogen and oxygen atoms in total. The van der Waals surface area contributed by atoms with Gasteiger partial charge in [-0.15, -0.1) is 0 Å². The number of aromatic nitrogens is 2. The van der Waals surface area contributed by atoms with E-state index in [0.717, 1.165) is 27.0 Å². The van der Waals surface area contributed by atoms with Gasteiger partial charge in [0.1, 0.15) is 12.2 Å². The van der Waals surface area contributed by atoms with Crippen LogP contribution in [0.2, 0.25) is 0 Å². The standard InChI is InChI=1S/C16H17FN2O5/c17-13-14(22)11(9-20)24-15(13)18-7-6-12(21)19(16(18)23)8-10-4-2-1-3-5-10/h1-7,11,13-15,20,22H,8-9H2/t11-,13-,14+,15-/m0/s1. The highest BCUT2D eigenvalue weighted by Crippen LogP contribution is 2.30. The van der Waals surface area contributed by atoms with Crippen molar-refractivity contribution in [3.05, 3.63) is 69.0 Å². The van der Waals surface area contributed by atoms with Crippen molar-refractivity contribution in [2.75, 3.05) is 6.61 Å². The number of alkyl halides is 1. The highest BCUT2D eigenvalue weighted by molar-refractivity contribution is 5.15. The predicted octanol–water partition coefficient (Wildman–Crippen LogP) is -0.353. The van der Waals surface area contributed by atoms with Gasteiger partial charge in [0.15, 0.2) is 12.4 Å². The number of aliphatic hydroxyl groups excluding tert-OH is 2. The first-order valence-electron chi connectivity index (χ1n) is 7.47. The summed E-state index contributed by atoms with van der Waals surface area (Å²) in [6.07, 6.45) is -4.81. The molecule has 1 aromatic heterocycles. The van der Waals surface area contributed by atoms with Gasteiger partial charge in [-0.25, -0.2) is 9.18 Å². The van der Waals surface area contributed by atoms with E-state index in [2.05, 4.69) is 0 Å². The van der Waals surface area contributed by atoms with Crippen LogP contribution in [0, 0.1) is 0 Å². The van der Waals surface area contributed by atoms with E-state index in [-0.39, 0.29) is 6.54 Å². The summed E-state index contributed by atoms with van der Waals surface area (Å²) in [5, 5.41) is 18.8. The van der Waals surface area contributed by atoms with Crippen molar-refractivity contribution in [3.63, 3.8) is 0 Å². The second kappa shape index (κ2) is 6.68. The lowest BCUT2D eigenvalue weighted by atomic mass is 10.1. The van der Waals surface area contributed by atoms with Crippen LogP contribution in [0.25, 0.3) is 0 Å². The van der Waals surface area contributed by atoms with Crippen molar-refractivity contribution in [2.24, 2.45) is 0 Å². The monoisotopic (exact) mass is 336 g/mol. The van der Waals surface area contributed by atoms with E-state index in [1.807, 2.05) is 6.07 Å². The molecule has 1 saturated heterocycles. The van der Waals surface area contributed by atoms with E-state index >= 15 is 0 Å². The van der Waals surface area contributed by atoms with Crippen molar-refractivity contribution in [1.82, 2.24) is 9.13 Å². The number of nitrogens with zero attached hydrogens (tertiary/aromatic N) is 2. The van der Waals surface area contributed by atoms with Gasteiger partial charge in [-0.1, -0.05) is 30.3 Å². The van der Waals surface area contributed by atoms with E-state index in [1.165, 1.54) is 0 Å². The van der Waals surface area contributed by atoms with Gasteiger partial charge < -0.3 is 14.9 Å². The molecular formula is C16H17FN2O5. The second-order valence-corrected chi connectivity index (χ2v) is 5.60. The van der Waals surface area contributed by atoms with Gasteiger partial charge in [0.2, 0.25) is 0 Å². The normalized spacial score (nSPS) is 26.6. The molecule has 2 N–H and O–H groups in total. The summed E-state index contributed by atoms with van der Waals surface area (Å²) in [5.41, 5.74) is -0.524. The number of rotatable bonds is 4. The maximum atomic E-state index is 14.2. The smallest absolute Gasteiger partial charge is 0.333 e. The van der Waals surface area contributed by atoms with Crippen LogP contribution in [0.15, 0.2) is 52.2 Å². The molecule has 2 aromatic rings. The zero-order valence-electron chi connectivity index (χ0n) is 12.7. The van der Waals surface area contributed by atoms with Gasteiger partial charge in [0.05, 0.1) is 13.2 Å². The first-order valence-corrected chi connectivity index (χ1v) is 7.47. The van der Waals surface area contributed by atoms with E-state index < -0.39 is 42.5 Å². The number of ether oxygens (including phenoxy) is 1. The van der Waals surface area contributed by atoms with Gasteiger partial charge in [-0.3, -0.25) is 13.9 Å². The molecule has 1 aromatic carbocycles. The fraction of sp³-hybridized carbons (Fsp3) is 0.375. The summed E-state index contributed by atoms with van der Waals surface area (Å²) in [6.45, 7) is -0.536. The third kappa shape index (κ3) is 2.91. The van der Waals surface area contributed by atoms with Crippen molar-refractivity contribution in [1.29, 1.82) is 0 Å². The van der Waals surface area contributed by atoms with Crippen LogP contribution >= 0.6 is 0 Å². The molecule has 1 aliphatic rings. The molecule has 0 amide bonds. The molecule has 3 rings (SSSR count). The maximum Gasteiger partial charge on any atom is 0.333 e. The Labute approximate surface area is 136 Å². The lowest BCUT2D eigenvalue weighted by Gasteiger charge is -2.17. The number of halogens is 1. The highest BCUT2D eigenvalue weighted by atomic mass is 19.1. The van der Waals surface area contributed by atoms with Gasteiger partial charge in [-0.2, -0.15) is 0 Å². The van der Waals surface area contributed by atoms with Crippen LogP contribution in [0.3, 0.4) is 0 Å². The molecule has 8 heteroatoms. The van der Waals surface area contributed by atoms with Gasteiger partial charge in [0.25, 0.3) is 5.56 Å². The first-order chi connectivity index (χ1) is 11.5. The summed E-state index contributed by atoms with van der Waals surface area (Å²) < 4.78 is 21.3. The van der Waals surface area contributed by atoms with E-state index in [1.54, 1.807) is 24.3 Å². The molecule has 128 valence electrons. The SMILES string of the molecule is O=c1ccn([C@H]2O[C@@H](CO)[C@@H](O)[C@@H]2F)c(=O)n1Cc1ccccc1. The minimum atomic E-state index is -1.89. The second-order valence-electron chi connectivity index (χ2n) is 5.60. The van der Waals surface area contributed by atoms with Crippen molar-refractivity contribution in [2.45, 2.75) is 31.2 Å². The number of hydrogen-bond donors (Lipinski definition) is 2. The lowest BCUT2D eigenvalue weighted by Crippen LogP contribution is -2.42. The van der Waals surface area contributed by atoms with Crippen LogP contribution in [-0.4, -0.2) is 44.3 Å². The molecule has 1 aliphatic heterocycles. The Morgan fingerprint density at radius 2 is 1.88 bits per heavy atom. The van der Waals surface area contributed by atoms with Gasteiger partial charge in [0, 0.05) is 12.3 Å². The van der Waals surface area contributed by atoms with E-state index in [9.17, 15) is 19.1 Å². The number of benzene rings is 1. The van der Waals surface area contributed by atoms with Gasteiger partial charge >= 0.3 is 5.69 Å². The Balaban J connectivity index is 1.98. The molecule has 0 saturated carbocycles. The zero-order chi connectivity index (χ0) is 17.3. The van der Waals surface area contributed by atoms with E-state index in [0.29, 0.717) is 0 Å². The molecule has 0 bridgehead atoms. The molecule has 0 spiro atoms. The van der Waals surface area contributed by atoms with Crippen LogP contribution in [0.4, 0.5) is 4.39 Å². The fourth-order valence-corrected chi connectivity index (χ4v) is 2.72. The van der Waals surface area contributed by atoms with E-state index in [4.69, 9.17) is 9.84 Å². The molecule has 0 radical (unpaired) electrons. The number of hydrogen-bond acceptors (Lipinski definition) is 5. The lowest BCUT2D eigenvalue weighted by molar-refractivity contribution is -0.0496. The quantitative estimate of drug-likeness (QED) is 0.796. The minimum absolute atomic E-state index is 0.0367. The Hall–Kier alpha value is -2.29. The summed E-state index contributed by atoms with van der Waals surface area (Å²) in [5.74, 6) is 0. The van der Waals surface area contributed by atoms with Crippen LogP contribution in [0.1, 0.15) is 11.8 Å².